The Morgan fingerprint density at radius 2 is 2.08 bits per heavy atom. The molecule has 0 radical (unpaired) electrons. The second-order valence-electron chi connectivity index (χ2n) is 2.33. The molecule has 1 atom stereocenters. The predicted octanol–water partition coefficient (Wildman–Crippen LogP) is 2.99. The van der Waals surface area contributed by atoms with E-state index in [4.69, 9.17) is 10.4 Å². The molecule has 0 bridgehead atoms. The van der Waals surface area contributed by atoms with Gasteiger partial charge < -0.3 is 4.84 Å². The summed E-state index contributed by atoms with van der Waals surface area (Å²) in [6.07, 6.45) is -0.193. The van der Waals surface area contributed by atoms with Gasteiger partial charge in [0.2, 0.25) is 0 Å². The fourth-order valence-corrected chi connectivity index (χ4v) is 0.877. The average molecular weight is 163 g/mol. The smallest absolute Gasteiger partial charge is 0.130 e. The number of azide groups is 1. The maximum atomic E-state index is 8.00. The first kappa shape index (κ1) is 8.43. The molecule has 0 N–H and O–H groups in total. The van der Waals surface area contributed by atoms with Crippen molar-refractivity contribution >= 4 is 0 Å². The monoisotopic (exact) mass is 163 g/mol. The summed E-state index contributed by atoms with van der Waals surface area (Å²) in [5, 5.41) is 3.03. The van der Waals surface area contributed by atoms with Gasteiger partial charge in [0.25, 0.3) is 0 Å². The molecule has 0 heterocycles. The standard InChI is InChI=1S/C8H9N3O/c1-7(12-11-10-9)8-5-3-2-4-6-8/h2-7H,1H3. The van der Waals surface area contributed by atoms with Crippen molar-refractivity contribution < 1.29 is 4.84 Å². The third-order valence-corrected chi connectivity index (χ3v) is 1.51. The first-order chi connectivity index (χ1) is 5.84. The average Bonchev–Trinajstić information content (AvgIpc) is 2.15. The molecule has 1 aromatic carbocycles. The zero-order valence-corrected chi connectivity index (χ0v) is 6.71. The predicted molar refractivity (Wildman–Crippen MR) is 45.1 cm³/mol. The molecule has 0 aliphatic rings. The fraction of sp³-hybridized carbons (Fsp3) is 0.250. The van der Waals surface area contributed by atoms with Crippen LogP contribution in [0.1, 0.15) is 18.6 Å². The molecule has 0 fully saturated rings. The Balaban J connectivity index is 2.65. The van der Waals surface area contributed by atoms with Crippen LogP contribution in [0.4, 0.5) is 0 Å². The van der Waals surface area contributed by atoms with Gasteiger partial charge in [0, 0.05) is 4.91 Å². The molecule has 1 aromatic rings. The van der Waals surface area contributed by atoms with Crippen LogP contribution in [0.15, 0.2) is 35.6 Å². The van der Waals surface area contributed by atoms with E-state index in [1.807, 2.05) is 37.3 Å². The molecule has 0 saturated carbocycles. The Kier molecular flexibility index (Phi) is 2.99. The lowest BCUT2D eigenvalue weighted by Crippen LogP contribution is -1.93. The van der Waals surface area contributed by atoms with E-state index in [-0.39, 0.29) is 6.10 Å². The van der Waals surface area contributed by atoms with Gasteiger partial charge in [-0.25, -0.2) is 0 Å². The summed E-state index contributed by atoms with van der Waals surface area (Å²) in [6, 6.07) is 9.56. The van der Waals surface area contributed by atoms with Crippen molar-refractivity contribution in [3.8, 4) is 0 Å². The van der Waals surface area contributed by atoms with E-state index in [0.29, 0.717) is 0 Å². The molecule has 0 aromatic heterocycles. The van der Waals surface area contributed by atoms with Crippen molar-refractivity contribution in [1.82, 2.24) is 0 Å². The molecule has 0 aliphatic carbocycles. The highest BCUT2D eigenvalue weighted by Crippen LogP contribution is 2.15. The van der Waals surface area contributed by atoms with E-state index >= 15 is 0 Å². The Bertz CT molecular complexity index is 280. The van der Waals surface area contributed by atoms with Crippen LogP contribution in [-0.4, -0.2) is 0 Å². The third kappa shape index (κ3) is 2.18. The minimum absolute atomic E-state index is 0.193. The van der Waals surface area contributed by atoms with Crippen LogP contribution in [-0.2, 0) is 4.84 Å². The number of hydrogen-bond donors (Lipinski definition) is 0. The highest BCUT2D eigenvalue weighted by Gasteiger charge is 2.02. The molecular weight excluding hydrogens is 154 g/mol. The van der Waals surface area contributed by atoms with E-state index in [1.54, 1.807) is 0 Å². The lowest BCUT2D eigenvalue weighted by atomic mass is 10.1. The molecule has 12 heavy (non-hydrogen) atoms. The maximum absolute atomic E-state index is 8.00. The molecule has 4 nitrogen and oxygen atoms in total. The summed E-state index contributed by atoms with van der Waals surface area (Å²) in [5.41, 5.74) is 8.99. The van der Waals surface area contributed by atoms with Crippen LogP contribution < -0.4 is 0 Å². The Labute approximate surface area is 70.4 Å². The lowest BCUT2D eigenvalue weighted by Gasteiger charge is -2.08. The molecular formula is C8H9N3O. The topological polar surface area (TPSA) is 58.0 Å². The van der Waals surface area contributed by atoms with E-state index in [1.165, 1.54) is 0 Å². The summed E-state index contributed by atoms with van der Waals surface area (Å²) < 4.78 is 0. The van der Waals surface area contributed by atoms with Gasteiger partial charge in [0.1, 0.15) is 11.4 Å². The molecule has 4 heteroatoms. The first-order valence-electron chi connectivity index (χ1n) is 3.59. The zero-order chi connectivity index (χ0) is 8.81. The first-order valence-corrected chi connectivity index (χ1v) is 3.59. The summed E-state index contributed by atoms with van der Waals surface area (Å²) in [5.74, 6) is 0. The second-order valence-corrected chi connectivity index (χ2v) is 2.33. The van der Waals surface area contributed by atoms with Crippen LogP contribution in [0.2, 0.25) is 0 Å². The highest BCUT2D eigenvalue weighted by molar-refractivity contribution is 5.16. The number of rotatable bonds is 3. The fourth-order valence-electron chi connectivity index (χ4n) is 0.877. The van der Waals surface area contributed by atoms with Gasteiger partial charge in [0.05, 0.1) is 0 Å². The summed E-state index contributed by atoms with van der Waals surface area (Å²) in [6.45, 7) is 1.82. The minimum Gasteiger partial charge on any atom is -0.426 e. The number of nitrogens with zero attached hydrogens (tertiary/aromatic N) is 3. The van der Waals surface area contributed by atoms with Gasteiger partial charge >= 0.3 is 0 Å². The van der Waals surface area contributed by atoms with Crippen LogP contribution in [0, 0.1) is 0 Å². The van der Waals surface area contributed by atoms with Crippen molar-refractivity contribution in [2.75, 3.05) is 0 Å². The molecule has 0 spiro atoms. The van der Waals surface area contributed by atoms with Gasteiger partial charge in [-0.05, 0) is 18.0 Å². The maximum Gasteiger partial charge on any atom is 0.130 e. The van der Waals surface area contributed by atoms with E-state index in [2.05, 4.69) is 10.2 Å². The van der Waals surface area contributed by atoms with Gasteiger partial charge in [-0.2, -0.15) is 0 Å². The molecule has 0 amide bonds. The van der Waals surface area contributed by atoms with E-state index in [0.717, 1.165) is 5.56 Å². The number of benzene rings is 1. The van der Waals surface area contributed by atoms with Gasteiger partial charge in [-0.15, -0.1) is 0 Å². The van der Waals surface area contributed by atoms with Crippen LogP contribution >= 0.6 is 0 Å². The van der Waals surface area contributed by atoms with E-state index in [9.17, 15) is 0 Å². The highest BCUT2D eigenvalue weighted by atomic mass is 16.6. The minimum atomic E-state index is -0.193. The molecule has 62 valence electrons. The number of hydrogen-bond acceptors (Lipinski definition) is 2. The van der Waals surface area contributed by atoms with Gasteiger partial charge in [-0.1, -0.05) is 30.3 Å². The molecule has 0 aliphatic heterocycles. The third-order valence-electron chi connectivity index (χ3n) is 1.51. The summed E-state index contributed by atoms with van der Waals surface area (Å²) in [4.78, 5) is 7.29. The van der Waals surface area contributed by atoms with Crippen LogP contribution in [0.25, 0.3) is 10.4 Å². The van der Waals surface area contributed by atoms with E-state index < -0.39 is 0 Å². The van der Waals surface area contributed by atoms with Crippen molar-refractivity contribution in [3.63, 3.8) is 0 Å². The molecule has 0 saturated heterocycles. The second kappa shape index (κ2) is 4.26. The largest absolute Gasteiger partial charge is 0.426 e. The Morgan fingerprint density at radius 3 is 2.67 bits per heavy atom. The van der Waals surface area contributed by atoms with Crippen LogP contribution in [0.3, 0.4) is 0 Å². The molecule has 1 rings (SSSR count). The normalized spacial score (nSPS) is 11.4. The van der Waals surface area contributed by atoms with Crippen molar-refractivity contribution in [3.05, 3.63) is 46.3 Å². The van der Waals surface area contributed by atoms with Gasteiger partial charge in [0.15, 0.2) is 0 Å². The zero-order valence-electron chi connectivity index (χ0n) is 6.71. The summed E-state index contributed by atoms with van der Waals surface area (Å²) in [7, 11) is 0. The summed E-state index contributed by atoms with van der Waals surface area (Å²) >= 11 is 0. The lowest BCUT2D eigenvalue weighted by molar-refractivity contribution is 0.0674. The quantitative estimate of drug-likeness (QED) is 0.292. The molecule has 1 unspecified atom stereocenters. The Morgan fingerprint density at radius 1 is 1.42 bits per heavy atom. The SMILES string of the molecule is CC(ON=[N+]=[N-])c1ccccc1. The van der Waals surface area contributed by atoms with Crippen molar-refractivity contribution in [1.29, 1.82) is 0 Å². The Hall–Kier alpha value is -1.67. The van der Waals surface area contributed by atoms with Crippen molar-refractivity contribution in [2.24, 2.45) is 5.28 Å². The van der Waals surface area contributed by atoms with Crippen molar-refractivity contribution in [2.45, 2.75) is 13.0 Å². The van der Waals surface area contributed by atoms with Gasteiger partial charge in [-0.3, -0.25) is 0 Å². The van der Waals surface area contributed by atoms with Crippen LogP contribution in [0.5, 0.6) is 0 Å².